The summed E-state index contributed by atoms with van der Waals surface area (Å²) in [6.45, 7) is 26.2. The third-order valence-electron chi connectivity index (χ3n) is 18.5. The normalized spacial score (nSPS) is 37.3. The predicted octanol–water partition coefficient (Wildman–Crippen LogP) is 11.0. The quantitative estimate of drug-likeness (QED) is 0.215. The van der Waals surface area contributed by atoms with E-state index in [1.54, 1.807) is 50.0 Å². The zero-order valence-electron chi connectivity index (χ0n) is 34.8. The molecule has 2 nitrogen and oxygen atoms in total. The van der Waals surface area contributed by atoms with Gasteiger partial charge in [0.2, 0.25) is 0 Å². The van der Waals surface area contributed by atoms with Crippen molar-refractivity contribution in [3.05, 3.63) is 64.7 Å². The summed E-state index contributed by atoms with van der Waals surface area (Å²) in [5, 5.41) is 0. The summed E-state index contributed by atoms with van der Waals surface area (Å²) in [6.07, 6.45) is 16.6. The summed E-state index contributed by atoms with van der Waals surface area (Å²) in [5.41, 5.74) is 18.3. The van der Waals surface area contributed by atoms with Gasteiger partial charge in [-0.25, -0.2) is 0 Å². The van der Waals surface area contributed by atoms with Crippen LogP contribution < -0.4 is 26.2 Å². The molecule has 3 heteroatoms. The molecule has 4 saturated carbocycles. The van der Waals surface area contributed by atoms with E-state index in [2.05, 4.69) is 122 Å². The first-order valence-electron chi connectivity index (χ1n) is 22.2. The Kier molecular flexibility index (Phi) is 6.47. The maximum absolute atomic E-state index is 3.01. The largest absolute Gasteiger partial charge is 0.335 e. The van der Waals surface area contributed by atoms with E-state index >= 15 is 0 Å². The maximum atomic E-state index is 3.01. The van der Waals surface area contributed by atoms with Crippen LogP contribution in [0.3, 0.4) is 0 Å². The molecule has 4 heterocycles. The third kappa shape index (κ3) is 3.68. The molecule has 3 aromatic carbocycles. The Hall–Kier alpha value is -2.68. The molecule has 0 amide bonds. The summed E-state index contributed by atoms with van der Waals surface area (Å²) in [4.78, 5) is 6.02. The van der Waals surface area contributed by atoms with Crippen molar-refractivity contribution in [3.63, 3.8) is 0 Å². The lowest BCUT2D eigenvalue weighted by Gasteiger charge is -2.60. The Morgan fingerprint density at radius 3 is 1.38 bits per heavy atom. The van der Waals surface area contributed by atoms with Gasteiger partial charge in [-0.2, -0.15) is 0 Å². The maximum Gasteiger partial charge on any atom is 0.252 e. The molecular formula is C50H65BN2. The number of hydrogen-bond acceptors (Lipinski definition) is 2. The fourth-order valence-corrected chi connectivity index (χ4v) is 15.9. The van der Waals surface area contributed by atoms with Crippen LogP contribution in [0.2, 0.25) is 0 Å². The van der Waals surface area contributed by atoms with Gasteiger partial charge in [0.15, 0.2) is 0 Å². The molecule has 53 heavy (non-hydrogen) atoms. The lowest BCUT2D eigenvalue weighted by molar-refractivity contribution is 0.0310. The first kappa shape index (κ1) is 33.6. The second-order valence-electron chi connectivity index (χ2n) is 22.5. The van der Waals surface area contributed by atoms with E-state index in [4.69, 9.17) is 0 Å². The lowest BCUT2D eigenvalue weighted by Crippen LogP contribution is -2.68. The molecule has 0 aromatic heterocycles. The second-order valence-corrected chi connectivity index (χ2v) is 22.5. The van der Waals surface area contributed by atoms with E-state index in [0.717, 1.165) is 23.7 Å². The van der Waals surface area contributed by atoms with Crippen LogP contribution in [0.5, 0.6) is 0 Å². The van der Waals surface area contributed by atoms with E-state index < -0.39 is 0 Å². The van der Waals surface area contributed by atoms with Crippen molar-refractivity contribution in [2.75, 3.05) is 9.80 Å². The fraction of sp³-hybridized carbons (Fsp3) is 0.640. The van der Waals surface area contributed by atoms with E-state index in [-0.39, 0.29) is 39.5 Å². The van der Waals surface area contributed by atoms with Crippen LogP contribution in [-0.2, 0) is 21.7 Å². The van der Waals surface area contributed by atoms with Gasteiger partial charge in [-0.05, 0) is 138 Å². The van der Waals surface area contributed by atoms with Crippen LogP contribution in [0.4, 0.5) is 22.7 Å². The average Bonchev–Trinajstić information content (AvgIpc) is 3.48. The molecule has 4 aliphatic carbocycles. The van der Waals surface area contributed by atoms with Gasteiger partial charge in [0.25, 0.3) is 6.71 Å². The fourth-order valence-electron chi connectivity index (χ4n) is 15.9. The molecule has 278 valence electrons. The molecule has 0 radical (unpaired) electrons. The molecule has 4 aliphatic heterocycles. The SMILES string of the molecule is CC(C)(C)c1ccc2c3c1C1(C)C4CCCCC4CCC1(C)N3c1cccc3c1B2c1ccc(C(C)(C)C)c2c1N3C1(C)CCC3CCCCC3C21C. The van der Waals surface area contributed by atoms with E-state index in [9.17, 15) is 0 Å². The monoisotopic (exact) mass is 705 g/mol. The van der Waals surface area contributed by atoms with E-state index in [0.29, 0.717) is 0 Å². The second kappa shape index (κ2) is 10.2. The van der Waals surface area contributed by atoms with Crippen molar-refractivity contribution >= 4 is 45.9 Å². The Morgan fingerprint density at radius 2 is 0.962 bits per heavy atom. The van der Waals surface area contributed by atoms with Gasteiger partial charge in [0.1, 0.15) is 0 Å². The average molecular weight is 705 g/mol. The number of anilines is 4. The standard InChI is InChI=1S/C50H65BN2/c1-45(2,3)34-22-24-36-43-40(34)49(9)32-18-13-11-16-30(32)26-28-47(49,7)52(43)38-20-15-21-39-42(38)51(36)37-25-23-35(46(4,5)6)41-44(37)53(39)48(8)29-27-31-17-12-14-19-33(31)50(41,48)10/h15,20-25,30-33H,11-14,16-19,26-29H2,1-10H3. The molecule has 3 aromatic rings. The van der Waals surface area contributed by atoms with Crippen molar-refractivity contribution in [1.29, 1.82) is 0 Å². The Labute approximate surface area is 322 Å². The lowest BCUT2D eigenvalue weighted by atomic mass is 9.33. The number of nitrogens with zero attached hydrogens (tertiary/aromatic N) is 2. The van der Waals surface area contributed by atoms with E-state index in [1.165, 1.54) is 88.4 Å². The molecule has 0 spiro atoms. The summed E-state index contributed by atoms with van der Waals surface area (Å²) < 4.78 is 0. The highest BCUT2D eigenvalue weighted by atomic mass is 15.3. The van der Waals surface area contributed by atoms with Gasteiger partial charge >= 0.3 is 0 Å². The summed E-state index contributed by atoms with van der Waals surface area (Å²) in [6, 6.07) is 18.2. The predicted molar refractivity (Wildman–Crippen MR) is 227 cm³/mol. The Morgan fingerprint density at radius 1 is 0.547 bits per heavy atom. The highest BCUT2D eigenvalue weighted by Gasteiger charge is 2.70. The molecule has 11 rings (SSSR count). The molecule has 0 N–H and O–H groups in total. The van der Waals surface area contributed by atoms with Crippen molar-refractivity contribution in [3.8, 4) is 0 Å². The zero-order chi connectivity index (χ0) is 36.8. The van der Waals surface area contributed by atoms with Crippen LogP contribution in [-0.4, -0.2) is 17.8 Å². The minimum atomic E-state index is 0.0507. The van der Waals surface area contributed by atoms with E-state index in [1.807, 2.05) is 0 Å². The smallest absolute Gasteiger partial charge is 0.252 e. The third-order valence-corrected chi connectivity index (χ3v) is 18.5. The summed E-state index contributed by atoms with van der Waals surface area (Å²) >= 11 is 0. The Balaban J connectivity index is 1.25. The Bertz CT molecular complexity index is 1960. The van der Waals surface area contributed by atoms with Crippen LogP contribution >= 0.6 is 0 Å². The summed E-state index contributed by atoms with van der Waals surface area (Å²) in [7, 11) is 0. The number of hydrogen-bond donors (Lipinski definition) is 0. The molecule has 8 aliphatic rings. The molecule has 0 bridgehead atoms. The zero-order valence-corrected chi connectivity index (χ0v) is 34.8. The number of rotatable bonds is 0. The first-order valence-corrected chi connectivity index (χ1v) is 22.2. The molecular weight excluding hydrogens is 639 g/mol. The summed E-state index contributed by atoms with van der Waals surface area (Å²) in [5.74, 6) is 3.21. The number of fused-ring (bicyclic) bond motifs is 14. The van der Waals surface area contributed by atoms with Crippen LogP contribution in [0.1, 0.15) is 169 Å². The van der Waals surface area contributed by atoms with Crippen molar-refractivity contribution in [2.24, 2.45) is 23.7 Å². The van der Waals surface area contributed by atoms with Crippen molar-refractivity contribution < 1.29 is 0 Å². The molecule has 8 unspecified atom stereocenters. The first-order chi connectivity index (χ1) is 25.1. The van der Waals surface area contributed by atoms with Crippen molar-refractivity contribution in [2.45, 2.75) is 179 Å². The molecule has 4 fully saturated rings. The van der Waals surface area contributed by atoms with Crippen LogP contribution in [0.25, 0.3) is 0 Å². The van der Waals surface area contributed by atoms with Crippen LogP contribution in [0, 0.1) is 23.7 Å². The minimum absolute atomic E-state index is 0.0507. The topological polar surface area (TPSA) is 6.48 Å². The van der Waals surface area contributed by atoms with Gasteiger partial charge < -0.3 is 9.80 Å². The van der Waals surface area contributed by atoms with Gasteiger partial charge in [-0.15, -0.1) is 0 Å². The minimum Gasteiger partial charge on any atom is -0.335 e. The van der Waals surface area contributed by atoms with Gasteiger partial charge in [0, 0.05) is 33.6 Å². The van der Waals surface area contributed by atoms with Crippen LogP contribution in [0.15, 0.2) is 42.5 Å². The van der Waals surface area contributed by atoms with Gasteiger partial charge in [0.05, 0.1) is 11.1 Å². The highest BCUT2D eigenvalue weighted by molar-refractivity contribution is 7.00. The van der Waals surface area contributed by atoms with Gasteiger partial charge in [-0.1, -0.05) is 124 Å². The highest BCUT2D eigenvalue weighted by Crippen LogP contribution is 2.70. The molecule has 0 saturated heterocycles. The number of benzene rings is 3. The van der Waals surface area contributed by atoms with Crippen molar-refractivity contribution in [1.82, 2.24) is 0 Å². The van der Waals surface area contributed by atoms with Gasteiger partial charge in [-0.3, -0.25) is 0 Å². The molecule has 8 atom stereocenters.